The summed E-state index contributed by atoms with van der Waals surface area (Å²) in [5, 5.41) is 15.6. The largest absolute Gasteiger partial charge is 0.384 e. The summed E-state index contributed by atoms with van der Waals surface area (Å²) >= 11 is 1.65. The number of nitrogens with zero attached hydrogens (tertiary/aromatic N) is 1. The third kappa shape index (κ3) is 4.19. The average molecular weight is 286 g/mol. The lowest BCUT2D eigenvalue weighted by atomic mass is 10.2. The first-order valence-corrected chi connectivity index (χ1v) is 7.08. The van der Waals surface area contributed by atoms with Crippen molar-refractivity contribution < 1.29 is 9.90 Å². The zero-order valence-corrected chi connectivity index (χ0v) is 11.6. The van der Waals surface area contributed by atoms with E-state index >= 15 is 0 Å². The Kier molecular flexibility index (Phi) is 5.30. The Labute approximate surface area is 121 Å². The van der Waals surface area contributed by atoms with Crippen LogP contribution in [0.4, 0.5) is 0 Å². The number of aliphatic hydroxyl groups excluding tert-OH is 1. The molecule has 0 unspecified atom stereocenters. The molecule has 0 radical (unpaired) electrons. The van der Waals surface area contributed by atoms with E-state index in [1.54, 1.807) is 23.6 Å². The van der Waals surface area contributed by atoms with Gasteiger partial charge in [-0.3, -0.25) is 9.78 Å². The van der Waals surface area contributed by atoms with Gasteiger partial charge in [-0.05, 0) is 34.9 Å². The van der Waals surface area contributed by atoms with Gasteiger partial charge in [-0.25, -0.2) is 0 Å². The molecule has 2 N–H and O–H groups in total. The normalized spacial score (nSPS) is 9.65. The van der Waals surface area contributed by atoms with Crippen molar-refractivity contribution in [1.82, 2.24) is 10.3 Å². The van der Waals surface area contributed by atoms with Crippen LogP contribution in [-0.4, -0.2) is 29.1 Å². The fourth-order valence-corrected chi connectivity index (χ4v) is 2.33. The first kappa shape index (κ1) is 14.3. The van der Waals surface area contributed by atoms with E-state index in [-0.39, 0.29) is 12.5 Å². The molecule has 5 heteroatoms. The van der Waals surface area contributed by atoms with E-state index in [1.165, 1.54) is 11.8 Å². The number of carbonyl (C=O) groups excluding carboxylic acids is 1. The number of carbonyl (C=O) groups is 1. The van der Waals surface area contributed by atoms with Crippen molar-refractivity contribution in [2.24, 2.45) is 0 Å². The summed E-state index contributed by atoms with van der Waals surface area (Å²) < 4.78 is 0. The van der Waals surface area contributed by atoms with Gasteiger partial charge < -0.3 is 10.4 Å². The first-order chi connectivity index (χ1) is 9.79. The minimum Gasteiger partial charge on any atom is -0.384 e. The SMILES string of the molecule is O=C(NCCc1ccsc1)c1cncc(C#CCO)c1. The number of amides is 1. The minimum atomic E-state index is -0.211. The number of aliphatic hydroxyl groups is 1. The van der Waals surface area contributed by atoms with Gasteiger partial charge in [-0.1, -0.05) is 11.8 Å². The smallest absolute Gasteiger partial charge is 0.252 e. The van der Waals surface area contributed by atoms with E-state index in [1.807, 2.05) is 11.4 Å². The fraction of sp³-hybridized carbons (Fsp3) is 0.200. The topological polar surface area (TPSA) is 62.2 Å². The zero-order valence-electron chi connectivity index (χ0n) is 10.8. The molecule has 4 nitrogen and oxygen atoms in total. The summed E-state index contributed by atoms with van der Waals surface area (Å²) in [5.74, 6) is 5.09. The third-order valence-electron chi connectivity index (χ3n) is 2.59. The van der Waals surface area contributed by atoms with Crippen molar-refractivity contribution in [3.05, 3.63) is 52.0 Å². The van der Waals surface area contributed by atoms with Crippen molar-refractivity contribution in [3.8, 4) is 11.8 Å². The molecule has 20 heavy (non-hydrogen) atoms. The highest BCUT2D eigenvalue weighted by atomic mass is 32.1. The standard InChI is InChI=1S/C15H14N2O2S/c18-6-1-2-13-8-14(10-16-9-13)15(19)17-5-3-12-4-7-20-11-12/h4,7-11,18H,3,5-6H2,(H,17,19). The van der Waals surface area contributed by atoms with Crippen LogP contribution in [0.2, 0.25) is 0 Å². The molecule has 2 aromatic rings. The highest BCUT2D eigenvalue weighted by molar-refractivity contribution is 7.07. The van der Waals surface area contributed by atoms with Gasteiger partial charge in [0.1, 0.15) is 6.61 Å². The Morgan fingerprint density at radius 3 is 3.10 bits per heavy atom. The molecule has 0 saturated heterocycles. The van der Waals surface area contributed by atoms with E-state index < -0.39 is 0 Å². The van der Waals surface area contributed by atoms with Crippen molar-refractivity contribution >= 4 is 17.2 Å². The molecule has 0 saturated carbocycles. The van der Waals surface area contributed by atoms with Gasteiger partial charge in [-0.15, -0.1) is 0 Å². The van der Waals surface area contributed by atoms with Gasteiger partial charge >= 0.3 is 0 Å². The molecule has 0 aliphatic rings. The summed E-state index contributed by atoms with van der Waals surface area (Å²) in [6.45, 7) is 0.374. The third-order valence-corrected chi connectivity index (χ3v) is 3.32. The lowest BCUT2D eigenvalue weighted by Gasteiger charge is -2.04. The molecule has 0 aliphatic heterocycles. The number of pyridine rings is 1. The lowest BCUT2D eigenvalue weighted by Crippen LogP contribution is -2.25. The molecular formula is C15H14N2O2S. The summed E-state index contributed by atoms with van der Waals surface area (Å²) in [5.41, 5.74) is 2.31. The van der Waals surface area contributed by atoms with Crippen LogP contribution in [0.25, 0.3) is 0 Å². The highest BCUT2D eigenvalue weighted by Crippen LogP contribution is 2.06. The van der Waals surface area contributed by atoms with E-state index in [9.17, 15) is 4.79 Å². The van der Waals surface area contributed by atoms with Gasteiger partial charge in [0, 0.05) is 24.5 Å². The van der Waals surface area contributed by atoms with Crippen molar-refractivity contribution in [2.45, 2.75) is 6.42 Å². The van der Waals surface area contributed by atoms with Gasteiger partial charge in [0.05, 0.1) is 5.56 Å². The Bertz CT molecular complexity index is 627. The first-order valence-electron chi connectivity index (χ1n) is 6.13. The molecule has 0 spiro atoms. The van der Waals surface area contributed by atoms with Crippen LogP contribution in [0.15, 0.2) is 35.3 Å². The van der Waals surface area contributed by atoms with Gasteiger partial charge in [0.25, 0.3) is 5.91 Å². The summed E-state index contributed by atoms with van der Waals surface area (Å²) in [6, 6.07) is 3.71. The molecule has 0 aromatic carbocycles. The second-order valence-corrected chi connectivity index (χ2v) is 4.84. The predicted molar refractivity (Wildman–Crippen MR) is 78.6 cm³/mol. The number of nitrogens with one attached hydrogen (secondary N) is 1. The molecule has 2 heterocycles. The van der Waals surface area contributed by atoms with Crippen LogP contribution in [0.5, 0.6) is 0 Å². The molecule has 2 rings (SSSR count). The van der Waals surface area contributed by atoms with Crippen LogP contribution in [0.1, 0.15) is 21.5 Å². The number of aromatic nitrogens is 1. The number of thiophene rings is 1. The van der Waals surface area contributed by atoms with Crippen LogP contribution in [0, 0.1) is 11.8 Å². The molecule has 0 fully saturated rings. The molecule has 0 atom stereocenters. The van der Waals surface area contributed by atoms with Crippen molar-refractivity contribution in [3.63, 3.8) is 0 Å². The van der Waals surface area contributed by atoms with E-state index in [0.717, 1.165) is 6.42 Å². The van der Waals surface area contributed by atoms with Crippen LogP contribution in [-0.2, 0) is 6.42 Å². The van der Waals surface area contributed by atoms with E-state index in [2.05, 4.69) is 27.5 Å². The number of rotatable bonds is 4. The van der Waals surface area contributed by atoms with Crippen LogP contribution >= 0.6 is 11.3 Å². The maximum absolute atomic E-state index is 12.0. The van der Waals surface area contributed by atoms with Gasteiger partial charge in [0.2, 0.25) is 0 Å². The summed E-state index contributed by atoms with van der Waals surface area (Å²) in [6.07, 6.45) is 3.88. The number of hydrogen-bond donors (Lipinski definition) is 2. The Morgan fingerprint density at radius 1 is 1.45 bits per heavy atom. The minimum absolute atomic E-state index is 0.166. The second-order valence-electron chi connectivity index (χ2n) is 4.06. The Hall–Kier alpha value is -2.16. The van der Waals surface area contributed by atoms with Crippen LogP contribution in [0.3, 0.4) is 0 Å². The van der Waals surface area contributed by atoms with Crippen LogP contribution < -0.4 is 5.32 Å². The monoisotopic (exact) mass is 286 g/mol. The number of hydrogen-bond acceptors (Lipinski definition) is 4. The quantitative estimate of drug-likeness (QED) is 0.837. The maximum atomic E-state index is 12.0. The van der Waals surface area contributed by atoms with Crippen molar-refractivity contribution in [2.75, 3.05) is 13.2 Å². The zero-order chi connectivity index (χ0) is 14.2. The Balaban J connectivity index is 1.91. The molecule has 0 aliphatic carbocycles. The average Bonchev–Trinajstić information content (AvgIpc) is 2.98. The lowest BCUT2D eigenvalue weighted by molar-refractivity contribution is 0.0953. The van der Waals surface area contributed by atoms with Crippen molar-refractivity contribution in [1.29, 1.82) is 0 Å². The summed E-state index contributed by atoms with van der Waals surface area (Å²) in [4.78, 5) is 15.9. The van der Waals surface area contributed by atoms with Gasteiger partial charge in [-0.2, -0.15) is 11.3 Å². The second kappa shape index (κ2) is 7.43. The molecule has 102 valence electrons. The van der Waals surface area contributed by atoms with Gasteiger partial charge in [0.15, 0.2) is 0 Å². The fourth-order valence-electron chi connectivity index (χ4n) is 1.63. The maximum Gasteiger partial charge on any atom is 0.252 e. The highest BCUT2D eigenvalue weighted by Gasteiger charge is 2.05. The predicted octanol–water partition coefficient (Wildman–Crippen LogP) is 1.46. The molecule has 0 bridgehead atoms. The molecule has 1 amide bonds. The Morgan fingerprint density at radius 2 is 2.35 bits per heavy atom. The molecule has 2 aromatic heterocycles. The van der Waals surface area contributed by atoms with E-state index in [0.29, 0.717) is 17.7 Å². The van der Waals surface area contributed by atoms with E-state index in [4.69, 9.17) is 5.11 Å². The summed E-state index contributed by atoms with van der Waals surface area (Å²) in [7, 11) is 0. The molecular weight excluding hydrogens is 272 g/mol.